The van der Waals surface area contributed by atoms with Gasteiger partial charge in [0.2, 0.25) is 0 Å². The molecule has 3 heterocycles. The minimum atomic E-state index is -0.346. The molecule has 0 N–H and O–H groups in total. The maximum Gasteiger partial charge on any atom is 0.182 e. The Kier molecular flexibility index (Phi) is 4.96. The number of hydrogen-bond acceptors (Lipinski definition) is 5. The van der Waals surface area contributed by atoms with E-state index < -0.39 is 0 Å². The van der Waals surface area contributed by atoms with E-state index in [1.165, 1.54) is 6.07 Å². The first-order valence-corrected chi connectivity index (χ1v) is 10.7. The highest BCUT2D eigenvalue weighted by molar-refractivity contribution is 5.89. The number of hydrogen-bond donors (Lipinski definition) is 0. The van der Waals surface area contributed by atoms with Crippen LogP contribution in [0.2, 0.25) is 0 Å². The summed E-state index contributed by atoms with van der Waals surface area (Å²) in [6.45, 7) is 7.66. The first-order valence-electron chi connectivity index (χ1n) is 10.7. The molecule has 3 aromatic heterocycles. The van der Waals surface area contributed by atoms with Gasteiger partial charge in [-0.3, -0.25) is 4.68 Å². The number of nitrogens with zero attached hydrogens (tertiary/aromatic N) is 6. The molecule has 0 aliphatic rings. The number of fused-ring (bicyclic) bond motifs is 1. The van der Waals surface area contributed by atoms with Crippen molar-refractivity contribution in [1.82, 2.24) is 29.7 Å². The molecule has 5 aromatic rings. The molecule has 0 spiro atoms. The Hall–Kier alpha value is -4.00. The fraction of sp³-hybridized carbons (Fsp3) is 0.192. The van der Waals surface area contributed by atoms with Crippen molar-refractivity contribution in [3.63, 3.8) is 0 Å². The molecule has 0 aliphatic heterocycles. The van der Waals surface area contributed by atoms with Crippen molar-refractivity contribution in [2.24, 2.45) is 7.05 Å². The van der Waals surface area contributed by atoms with Crippen LogP contribution in [0.25, 0.3) is 44.9 Å². The van der Waals surface area contributed by atoms with Gasteiger partial charge in [-0.1, -0.05) is 12.1 Å². The molecule has 0 aliphatic carbocycles. The second-order valence-corrected chi connectivity index (χ2v) is 8.44. The Bertz CT molecular complexity index is 1540. The molecular weight excluding hydrogens is 415 g/mol. The van der Waals surface area contributed by atoms with Gasteiger partial charge in [-0.2, -0.15) is 5.10 Å². The zero-order valence-corrected chi connectivity index (χ0v) is 19.2. The molecule has 0 radical (unpaired) electrons. The molecule has 0 atom stereocenters. The van der Waals surface area contributed by atoms with E-state index in [0.717, 1.165) is 39.2 Å². The molecule has 2 aromatic carbocycles. The highest BCUT2D eigenvalue weighted by Gasteiger charge is 2.18. The lowest BCUT2D eigenvalue weighted by Crippen LogP contribution is -2.03. The van der Waals surface area contributed by atoms with Crippen LogP contribution in [-0.2, 0) is 7.05 Å². The Balaban J connectivity index is 1.78. The van der Waals surface area contributed by atoms with E-state index in [1.807, 2.05) is 65.3 Å². The lowest BCUT2D eigenvalue weighted by Gasteiger charge is -2.12. The van der Waals surface area contributed by atoms with Gasteiger partial charge in [-0.15, -0.1) is 0 Å². The quantitative estimate of drug-likeness (QED) is 0.371. The summed E-state index contributed by atoms with van der Waals surface area (Å²) in [5, 5.41) is 4.28. The molecule has 7 heteroatoms. The minimum Gasteiger partial charge on any atom is -0.275 e. The van der Waals surface area contributed by atoms with Crippen LogP contribution in [0.15, 0.2) is 48.8 Å². The molecule has 0 saturated carbocycles. The summed E-state index contributed by atoms with van der Waals surface area (Å²) in [6, 6.07) is 11.2. The third-order valence-electron chi connectivity index (χ3n) is 5.70. The van der Waals surface area contributed by atoms with Gasteiger partial charge in [0.25, 0.3) is 0 Å². The average Bonchev–Trinajstić information content (AvgIpc) is 3.20. The average molecular weight is 439 g/mol. The molecule has 5 rings (SSSR count). The summed E-state index contributed by atoms with van der Waals surface area (Å²) in [5.74, 6) is 0.130. The number of aromatic nitrogens is 6. The van der Waals surface area contributed by atoms with Gasteiger partial charge < -0.3 is 0 Å². The molecule has 33 heavy (non-hydrogen) atoms. The van der Waals surface area contributed by atoms with Gasteiger partial charge in [-0.25, -0.2) is 24.3 Å². The van der Waals surface area contributed by atoms with E-state index in [4.69, 9.17) is 9.97 Å². The van der Waals surface area contributed by atoms with Crippen molar-refractivity contribution in [2.75, 3.05) is 0 Å². The minimum absolute atomic E-state index is 0.346. The maximum atomic E-state index is 15.0. The molecule has 6 nitrogen and oxygen atoms in total. The standard InChI is InChI=1S/C26H23FN6/c1-14-6-7-21(22(27)10-14)23-24-26(30-17(4)16(3)29-24)32-25(31-23)19-9-15(2)8-18(11-19)20-12-28-33(5)13-20/h6-13H,1-5H3. The van der Waals surface area contributed by atoms with Crippen molar-refractivity contribution in [1.29, 1.82) is 0 Å². The highest BCUT2D eigenvalue weighted by atomic mass is 19.1. The monoisotopic (exact) mass is 438 g/mol. The molecular formula is C26H23FN6. The van der Waals surface area contributed by atoms with Crippen molar-refractivity contribution < 1.29 is 4.39 Å². The normalized spacial score (nSPS) is 11.3. The van der Waals surface area contributed by atoms with E-state index >= 15 is 4.39 Å². The highest BCUT2D eigenvalue weighted by Crippen LogP contribution is 2.32. The lowest BCUT2D eigenvalue weighted by molar-refractivity contribution is 0.629. The molecule has 0 saturated heterocycles. The number of aryl methyl sites for hydroxylation is 5. The van der Waals surface area contributed by atoms with Gasteiger partial charge in [0.05, 0.1) is 17.6 Å². The van der Waals surface area contributed by atoms with Crippen molar-refractivity contribution >= 4 is 11.2 Å². The maximum absolute atomic E-state index is 15.0. The van der Waals surface area contributed by atoms with Gasteiger partial charge in [0.15, 0.2) is 11.5 Å². The largest absolute Gasteiger partial charge is 0.275 e. The number of benzene rings is 2. The summed E-state index contributed by atoms with van der Waals surface area (Å²) in [7, 11) is 1.89. The summed E-state index contributed by atoms with van der Waals surface area (Å²) < 4.78 is 16.8. The Labute approximate surface area is 191 Å². The second kappa shape index (κ2) is 7.85. The topological polar surface area (TPSA) is 69.4 Å². The van der Waals surface area contributed by atoms with Crippen LogP contribution in [0.1, 0.15) is 22.5 Å². The van der Waals surface area contributed by atoms with E-state index in [-0.39, 0.29) is 5.82 Å². The van der Waals surface area contributed by atoms with Gasteiger partial charge >= 0.3 is 0 Å². The van der Waals surface area contributed by atoms with Crippen LogP contribution in [0, 0.1) is 33.5 Å². The van der Waals surface area contributed by atoms with Crippen LogP contribution >= 0.6 is 0 Å². The molecule has 0 amide bonds. The van der Waals surface area contributed by atoms with E-state index in [1.54, 1.807) is 10.7 Å². The van der Waals surface area contributed by atoms with Gasteiger partial charge in [-0.05, 0) is 68.7 Å². The van der Waals surface area contributed by atoms with Crippen LogP contribution in [0.4, 0.5) is 4.39 Å². The Morgan fingerprint density at radius 3 is 2.24 bits per heavy atom. The van der Waals surface area contributed by atoms with Crippen molar-refractivity contribution in [3.8, 4) is 33.8 Å². The summed E-state index contributed by atoms with van der Waals surface area (Å²) in [5.41, 5.74) is 8.04. The lowest BCUT2D eigenvalue weighted by atomic mass is 10.0. The first kappa shape index (κ1) is 20.9. The Morgan fingerprint density at radius 1 is 0.758 bits per heavy atom. The fourth-order valence-electron chi connectivity index (χ4n) is 3.89. The summed E-state index contributed by atoms with van der Waals surface area (Å²) in [4.78, 5) is 18.9. The SMILES string of the molecule is Cc1cc(-c2cnn(C)c2)cc(-c2nc(-c3ccc(C)cc3F)c3nc(C)c(C)nc3n2)c1. The van der Waals surface area contributed by atoms with Crippen LogP contribution in [0.3, 0.4) is 0 Å². The first-order chi connectivity index (χ1) is 15.8. The predicted octanol–water partition coefficient (Wildman–Crippen LogP) is 5.53. The van der Waals surface area contributed by atoms with E-state index in [9.17, 15) is 0 Å². The third-order valence-corrected chi connectivity index (χ3v) is 5.70. The third kappa shape index (κ3) is 3.86. The van der Waals surface area contributed by atoms with Crippen molar-refractivity contribution in [3.05, 3.63) is 77.1 Å². The van der Waals surface area contributed by atoms with Crippen molar-refractivity contribution in [2.45, 2.75) is 27.7 Å². The summed E-state index contributed by atoms with van der Waals surface area (Å²) in [6.07, 6.45) is 3.79. The zero-order chi connectivity index (χ0) is 23.3. The molecule has 0 fully saturated rings. The van der Waals surface area contributed by atoms with Gasteiger partial charge in [0, 0.05) is 29.9 Å². The number of halogens is 1. The van der Waals surface area contributed by atoms with Crippen LogP contribution < -0.4 is 0 Å². The second-order valence-electron chi connectivity index (χ2n) is 8.44. The predicted molar refractivity (Wildman–Crippen MR) is 127 cm³/mol. The Morgan fingerprint density at radius 2 is 1.52 bits per heavy atom. The smallest absolute Gasteiger partial charge is 0.182 e. The van der Waals surface area contributed by atoms with E-state index in [2.05, 4.69) is 21.1 Å². The van der Waals surface area contributed by atoms with Gasteiger partial charge in [0.1, 0.15) is 17.0 Å². The molecule has 0 unspecified atom stereocenters. The number of rotatable bonds is 3. The molecule has 164 valence electrons. The van der Waals surface area contributed by atoms with Crippen LogP contribution in [-0.4, -0.2) is 29.7 Å². The summed E-state index contributed by atoms with van der Waals surface area (Å²) >= 11 is 0. The fourth-order valence-corrected chi connectivity index (χ4v) is 3.89. The van der Waals surface area contributed by atoms with E-state index in [0.29, 0.717) is 28.2 Å². The molecule has 0 bridgehead atoms. The van der Waals surface area contributed by atoms with Crippen LogP contribution in [0.5, 0.6) is 0 Å². The zero-order valence-electron chi connectivity index (χ0n) is 19.2.